The normalized spacial score (nSPS) is 24.9. The summed E-state index contributed by atoms with van der Waals surface area (Å²) in [4.78, 5) is 15.2. The highest BCUT2D eigenvalue weighted by Crippen LogP contribution is 2.29. The molecule has 3 N–H and O–H groups in total. The van der Waals surface area contributed by atoms with E-state index < -0.39 is 10.6 Å². The van der Waals surface area contributed by atoms with Gasteiger partial charge in [0.15, 0.2) is 5.96 Å². The fraction of sp³-hybridized carbons (Fsp3) is 0.267. The molecule has 1 aromatic carbocycles. The van der Waals surface area contributed by atoms with Crippen molar-refractivity contribution in [2.24, 2.45) is 16.6 Å². The van der Waals surface area contributed by atoms with E-state index in [9.17, 15) is 10.1 Å². The first kappa shape index (κ1) is 14.8. The van der Waals surface area contributed by atoms with Gasteiger partial charge in [-0.25, -0.2) is 0 Å². The number of guanidine groups is 1. The van der Waals surface area contributed by atoms with Gasteiger partial charge in [-0.1, -0.05) is 36.4 Å². The van der Waals surface area contributed by atoms with Crippen LogP contribution in [0, 0.1) is 23.0 Å². The Balaban J connectivity index is 2.31. The second-order valence-corrected chi connectivity index (χ2v) is 5.01. The van der Waals surface area contributed by atoms with Crippen molar-refractivity contribution in [3.05, 3.63) is 64.2 Å². The first-order valence-electron chi connectivity index (χ1n) is 6.64. The Morgan fingerprint density at radius 1 is 1.43 bits per heavy atom. The minimum absolute atomic E-state index is 0.0211. The second kappa shape index (κ2) is 5.78. The highest BCUT2D eigenvalue weighted by atomic mass is 16.6. The molecule has 0 aromatic heterocycles. The molecule has 0 fully saturated rings. The van der Waals surface area contributed by atoms with E-state index in [1.807, 2.05) is 31.2 Å². The van der Waals surface area contributed by atoms with Crippen molar-refractivity contribution in [3.8, 4) is 0 Å². The van der Waals surface area contributed by atoms with Crippen LogP contribution < -0.4 is 11.1 Å². The van der Waals surface area contributed by atoms with Gasteiger partial charge in [0.05, 0.1) is 10.8 Å². The van der Waals surface area contributed by atoms with Crippen LogP contribution in [-0.2, 0) is 0 Å². The van der Waals surface area contributed by atoms with Gasteiger partial charge in [0.1, 0.15) is 0 Å². The van der Waals surface area contributed by atoms with E-state index in [-0.39, 0.29) is 11.9 Å². The highest BCUT2D eigenvalue weighted by molar-refractivity contribution is 5.93. The van der Waals surface area contributed by atoms with Gasteiger partial charge >= 0.3 is 5.66 Å². The van der Waals surface area contributed by atoms with Crippen LogP contribution in [0.2, 0.25) is 0 Å². The molecule has 0 saturated carbocycles. The first-order chi connectivity index (χ1) is 9.95. The molecule has 0 amide bonds. The van der Waals surface area contributed by atoms with Gasteiger partial charge in [-0.2, -0.15) is 4.99 Å². The number of nitrogens with zero attached hydrogens (tertiary/aromatic N) is 2. The summed E-state index contributed by atoms with van der Waals surface area (Å²) in [5, 5.41) is 14.4. The number of hydrogen-bond acceptors (Lipinski definition) is 3. The van der Waals surface area contributed by atoms with Crippen LogP contribution >= 0.6 is 0 Å². The van der Waals surface area contributed by atoms with Gasteiger partial charge in [0.25, 0.3) is 0 Å². The minimum Gasteiger partial charge on any atom is -0.369 e. The topological polar surface area (TPSA) is 93.5 Å². The van der Waals surface area contributed by atoms with Gasteiger partial charge in [0.2, 0.25) is 0 Å². The van der Waals surface area contributed by atoms with Crippen LogP contribution in [0.3, 0.4) is 0 Å². The molecular formula is C15H18N4O2. The Morgan fingerprint density at radius 3 is 2.76 bits per heavy atom. The number of aryl methyl sites for hydroxylation is 1. The molecule has 2 unspecified atom stereocenters. The van der Waals surface area contributed by atoms with E-state index >= 15 is 0 Å². The van der Waals surface area contributed by atoms with Crippen LogP contribution in [0.1, 0.15) is 12.5 Å². The fourth-order valence-electron chi connectivity index (χ4n) is 2.20. The molecule has 0 saturated heterocycles. The average Bonchev–Trinajstić information content (AvgIpc) is 2.44. The molecule has 0 spiro atoms. The van der Waals surface area contributed by atoms with Crippen molar-refractivity contribution in [1.82, 2.24) is 0 Å². The van der Waals surface area contributed by atoms with E-state index in [1.165, 1.54) is 6.08 Å². The standard InChI is InChI=1S/C15H18N4O2/c1-11-7-3-4-9-13(11)17-14(16)18-15(19(20)21)10-6-5-8-12(15)2/h3-10,12H,1-2H3,(H3,16,17,18). The average molecular weight is 286 g/mol. The summed E-state index contributed by atoms with van der Waals surface area (Å²) in [5.74, 6) is -0.359. The zero-order valence-corrected chi connectivity index (χ0v) is 12.0. The molecule has 2 rings (SSSR count). The summed E-state index contributed by atoms with van der Waals surface area (Å²) in [6.07, 6.45) is 6.59. The second-order valence-electron chi connectivity index (χ2n) is 5.01. The van der Waals surface area contributed by atoms with Gasteiger partial charge < -0.3 is 11.1 Å². The molecule has 1 aliphatic rings. The van der Waals surface area contributed by atoms with Crippen LogP contribution in [0.5, 0.6) is 0 Å². The molecule has 110 valence electrons. The maximum absolute atomic E-state index is 11.5. The maximum atomic E-state index is 11.5. The van der Waals surface area contributed by atoms with Gasteiger partial charge in [-0.15, -0.1) is 0 Å². The van der Waals surface area contributed by atoms with E-state index in [2.05, 4.69) is 10.3 Å². The predicted molar refractivity (Wildman–Crippen MR) is 83.6 cm³/mol. The Hall–Kier alpha value is -2.63. The van der Waals surface area contributed by atoms with E-state index in [0.717, 1.165) is 11.3 Å². The van der Waals surface area contributed by atoms with Crippen LogP contribution in [0.4, 0.5) is 5.69 Å². The number of nitrogens with two attached hydrogens (primary N) is 1. The first-order valence-corrected chi connectivity index (χ1v) is 6.64. The predicted octanol–water partition coefficient (Wildman–Crippen LogP) is 2.46. The van der Waals surface area contributed by atoms with Crippen molar-refractivity contribution < 1.29 is 4.92 Å². The van der Waals surface area contributed by atoms with E-state index in [1.54, 1.807) is 25.2 Å². The monoisotopic (exact) mass is 286 g/mol. The van der Waals surface area contributed by atoms with Crippen molar-refractivity contribution in [3.63, 3.8) is 0 Å². The van der Waals surface area contributed by atoms with E-state index in [4.69, 9.17) is 5.73 Å². The lowest BCUT2D eigenvalue weighted by molar-refractivity contribution is -0.560. The van der Waals surface area contributed by atoms with Gasteiger partial charge in [0, 0.05) is 11.8 Å². The zero-order chi connectivity index (χ0) is 15.5. The largest absolute Gasteiger partial charge is 0.369 e. The summed E-state index contributed by atoms with van der Waals surface area (Å²) in [6, 6.07) is 7.53. The number of nitrogens with one attached hydrogen (secondary N) is 1. The zero-order valence-electron chi connectivity index (χ0n) is 12.0. The highest BCUT2D eigenvalue weighted by Gasteiger charge is 2.46. The Labute approximate surface area is 123 Å². The SMILES string of the molecule is Cc1ccccc1N/C(N)=N/C1([N+](=O)[O-])C=CC=CC1C. The fourth-order valence-corrected chi connectivity index (χ4v) is 2.20. The smallest absolute Gasteiger partial charge is 0.341 e. The van der Waals surface area contributed by atoms with Gasteiger partial charge in [-0.05, 0) is 25.5 Å². The Morgan fingerprint density at radius 2 is 2.14 bits per heavy atom. The molecule has 0 heterocycles. The summed E-state index contributed by atoms with van der Waals surface area (Å²) in [6.45, 7) is 3.66. The molecule has 0 aliphatic heterocycles. The number of anilines is 1. The summed E-state index contributed by atoms with van der Waals surface area (Å²) >= 11 is 0. The van der Waals surface area contributed by atoms with Crippen molar-refractivity contribution in [2.75, 3.05) is 5.32 Å². The lowest BCUT2D eigenvalue weighted by atomic mass is 9.91. The number of para-hydroxylation sites is 1. The van der Waals surface area contributed by atoms with Gasteiger partial charge in [-0.3, -0.25) is 10.1 Å². The number of allylic oxidation sites excluding steroid dienone is 2. The molecule has 1 aromatic rings. The molecule has 0 bridgehead atoms. The third kappa shape index (κ3) is 2.94. The maximum Gasteiger partial charge on any atom is 0.341 e. The van der Waals surface area contributed by atoms with Crippen molar-refractivity contribution in [2.45, 2.75) is 19.5 Å². The van der Waals surface area contributed by atoms with Crippen LogP contribution in [0.25, 0.3) is 0 Å². The summed E-state index contributed by atoms with van der Waals surface area (Å²) in [7, 11) is 0. The Kier molecular flexibility index (Phi) is 4.07. The molecule has 6 heteroatoms. The third-order valence-corrected chi connectivity index (χ3v) is 3.52. The number of benzene rings is 1. The molecule has 21 heavy (non-hydrogen) atoms. The quantitative estimate of drug-likeness (QED) is 0.386. The van der Waals surface area contributed by atoms with Crippen LogP contribution in [-0.4, -0.2) is 16.5 Å². The molecule has 1 aliphatic carbocycles. The molecule has 2 atom stereocenters. The lowest BCUT2D eigenvalue weighted by Crippen LogP contribution is -2.44. The number of hydrogen-bond donors (Lipinski definition) is 2. The minimum atomic E-state index is -1.56. The van der Waals surface area contributed by atoms with Crippen LogP contribution in [0.15, 0.2) is 53.6 Å². The Bertz CT molecular complexity index is 636. The number of rotatable bonds is 3. The summed E-state index contributed by atoms with van der Waals surface area (Å²) in [5.41, 5.74) is 6.07. The lowest BCUT2D eigenvalue weighted by Gasteiger charge is -2.24. The molecule has 6 nitrogen and oxygen atoms in total. The summed E-state index contributed by atoms with van der Waals surface area (Å²) < 4.78 is 0. The van der Waals surface area contributed by atoms with Crippen molar-refractivity contribution in [1.29, 1.82) is 0 Å². The number of aliphatic imine (C=N–C) groups is 1. The third-order valence-electron chi connectivity index (χ3n) is 3.52. The number of nitro groups is 1. The van der Waals surface area contributed by atoms with Crippen molar-refractivity contribution >= 4 is 11.6 Å². The molecule has 0 radical (unpaired) electrons. The molecular weight excluding hydrogens is 268 g/mol. The van der Waals surface area contributed by atoms with E-state index in [0.29, 0.717) is 0 Å².